The molecule has 1 N–H and O–H groups in total. The van der Waals surface area contributed by atoms with Crippen LogP contribution in [0.2, 0.25) is 0 Å². The van der Waals surface area contributed by atoms with Gasteiger partial charge < -0.3 is 15.1 Å². The Morgan fingerprint density at radius 3 is 2.58 bits per heavy atom. The Morgan fingerprint density at radius 1 is 1.12 bits per heavy atom. The monoisotopic (exact) mass is 446 g/mol. The van der Waals surface area contributed by atoms with Gasteiger partial charge in [-0.25, -0.2) is 4.98 Å². The lowest BCUT2D eigenvalue weighted by Gasteiger charge is -2.42. The zero-order valence-corrected chi connectivity index (χ0v) is 20.1. The first-order valence-corrected chi connectivity index (χ1v) is 12.0. The molecule has 33 heavy (non-hydrogen) atoms. The molecule has 5 rings (SSSR count). The molecule has 0 unspecified atom stereocenters. The minimum absolute atomic E-state index is 0.0159. The van der Waals surface area contributed by atoms with Crippen LogP contribution in [0.15, 0.2) is 36.5 Å². The summed E-state index contributed by atoms with van der Waals surface area (Å²) >= 11 is 0. The molecule has 0 radical (unpaired) electrons. The molecular formula is C26H34N6O. The second-order valence-electron chi connectivity index (χ2n) is 10.5. The zero-order valence-electron chi connectivity index (χ0n) is 20.1. The average molecular weight is 447 g/mol. The van der Waals surface area contributed by atoms with Crippen LogP contribution in [0, 0.1) is 5.92 Å². The van der Waals surface area contributed by atoms with Crippen molar-refractivity contribution in [1.82, 2.24) is 24.8 Å². The number of anilines is 1. The fourth-order valence-electron chi connectivity index (χ4n) is 4.92. The highest BCUT2D eigenvalue weighted by molar-refractivity contribution is 5.82. The van der Waals surface area contributed by atoms with Gasteiger partial charge in [0, 0.05) is 51.3 Å². The number of carbonyl (C=O) groups excluding carboxylic acids is 1. The van der Waals surface area contributed by atoms with Crippen molar-refractivity contribution < 1.29 is 4.79 Å². The van der Waals surface area contributed by atoms with Crippen molar-refractivity contribution in [2.75, 3.05) is 38.1 Å². The van der Waals surface area contributed by atoms with Gasteiger partial charge in [-0.3, -0.25) is 4.79 Å². The first-order valence-electron chi connectivity index (χ1n) is 12.0. The van der Waals surface area contributed by atoms with Gasteiger partial charge in [0.1, 0.15) is 5.82 Å². The Bertz CT molecular complexity index is 1150. The van der Waals surface area contributed by atoms with Gasteiger partial charge in [0.05, 0.1) is 17.8 Å². The second-order valence-corrected chi connectivity index (χ2v) is 10.5. The highest BCUT2D eigenvalue weighted by atomic mass is 16.2. The normalized spacial score (nSPS) is 16.9. The van der Waals surface area contributed by atoms with Crippen LogP contribution < -0.4 is 10.2 Å². The Kier molecular flexibility index (Phi) is 5.60. The van der Waals surface area contributed by atoms with Gasteiger partial charge in [0.25, 0.3) is 0 Å². The summed E-state index contributed by atoms with van der Waals surface area (Å²) in [7, 11) is 1.92. The Morgan fingerprint density at radius 2 is 1.85 bits per heavy atom. The summed E-state index contributed by atoms with van der Waals surface area (Å²) in [5, 5.41) is 8.01. The van der Waals surface area contributed by atoms with Crippen LogP contribution in [0.4, 0.5) is 5.82 Å². The number of hydrogen-bond acceptors (Lipinski definition) is 5. The number of amides is 1. The number of benzene rings is 1. The number of aromatic nitrogens is 3. The van der Waals surface area contributed by atoms with Crippen LogP contribution in [0.25, 0.3) is 5.65 Å². The SMILES string of the molecule is CN(Cc1ccc(C(C)(C)C)cc1)C(=O)C1CN(c2c3c(nc4ccnn24)CCNCC3)C1. The van der Waals surface area contributed by atoms with Crippen molar-refractivity contribution in [2.45, 2.75) is 45.6 Å². The van der Waals surface area contributed by atoms with Gasteiger partial charge in [-0.2, -0.15) is 9.61 Å². The zero-order chi connectivity index (χ0) is 23.2. The molecule has 1 amide bonds. The molecule has 1 saturated heterocycles. The molecule has 0 aliphatic carbocycles. The lowest BCUT2D eigenvalue weighted by molar-refractivity contribution is -0.135. The smallest absolute Gasteiger partial charge is 0.229 e. The third-order valence-corrected chi connectivity index (χ3v) is 6.93. The van der Waals surface area contributed by atoms with Gasteiger partial charge in [0.2, 0.25) is 5.91 Å². The maximum atomic E-state index is 13.1. The molecule has 3 aromatic rings. The van der Waals surface area contributed by atoms with Crippen LogP contribution in [0.1, 0.15) is 43.2 Å². The summed E-state index contributed by atoms with van der Waals surface area (Å²) in [5.41, 5.74) is 5.93. The molecule has 2 aliphatic rings. The number of rotatable bonds is 4. The van der Waals surface area contributed by atoms with Crippen molar-refractivity contribution in [3.8, 4) is 0 Å². The maximum Gasteiger partial charge on any atom is 0.229 e. The molecule has 0 bridgehead atoms. The van der Waals surface area contributed by atoms with E-state index >= 15 is 0 Å². The lowest BCUT2D eigenvalue weighted by Crippen LogP contribution is -2.54. The molecule has 0 spiro atoms. The molecule has 2 aliphatic heterocycles. The van der Waals surface area contributed by atoms with Crippen molar-refractivity contribution in [2.24, 2.45) is 5.92 Å². The molecule has 1 fully saturated rings. The van der Waals surface area contributed by atoms with E-state index in [-0.39, 0.29) is 17.2 Å². The summed E-state index contributed by atoms with van der Waals surface area (Å²) in [4.78, 5) is 22.2. The minimum atomic E-state index is 0.0159. The summed E-state index contributed by atoms with van der Waals surface area (Å²) < 4.78 is 1.95. The fraction of sp³-hybridized carbons (Fsp3) is 0.500. The van der Waals surface area contributed by atoms with E-state index < -0.39 is 0 Å². The number of nitrogens with zero attached hydrogens (tertiary/aromatic N) is 5. The van der Waals surface area contributed by atoms with Crippen molar-refractivity contribution in [1.29, 1.82) is 0 Å². The summed E-state index contributed by atoms with van der Waals surface area (Å²) in [5.74, 6) is 1.35. The number of fused-ring (bicyclic) bond motifs is 2. The molecule has 1 aromatic carbocycles. The highest BCUT2D eigenvalue weighted by Gasteiger charge is 2.37. The summed E-state index contributed by atoms with van der Waals surface area (Å²) in [6, 6.07) is 10.6. The second kappa shape index (κ2) is 8.45. The van der Waals surface area contributed by atoms with Gasteiger partial charge in [-0.1, -0.05) is 45.0 Å². The van der Waals surface area contributed by atoms with Crippen LogP contribution in [-0.2, 0) is 29.6 Å². The largest absolute Gasteiger partial charge is 0.354 e. The van der Waals surface area contributed by atoms with Crippen LogP contribution in [0.3, 0.4) is 0 Å². The van der Waals surface area contributed by atoms with Crippen LogP contribution >= 0.6 is 0 Å². The van der Waals surface area contributed by atoms with E-state index in [9.17, 15) is 4.79 Å². The first kappa shape index (κ1) is 21.9. The van der Waals surface area contributed by atoms with Gasteiger partial charge >= 0.3 is 0 Å². The van der Waals surface area contributed by atoms with Crippen LogP contribution in [-0.4, -0.2) is 58.6 Å². The van der Waals surface area contributed by atoms with Gasteiger partial charge in [-0.15, -0.1) is 0 Å². The van der Waals surface area contributed by atoms with Crippen molar-refractivity contribution in [3.63, 3.8) is 0 Å². The van der Waals surface area contributed by atoms with E-state index in [4.69, 9.17) is 4.98 Å². The van der Waals surface area contributed by atoms with Crippen LogP contribution in [0.5, 0.6) is 0 Å². The summed E-state index contributed by atoms with van der Waals surface area (Å²) in [6.45, 7) is 10.6. The number of hydrogen-bond donors (Lipinski definition) is 1. The Labute approximate surface area is 195 Å². The predicted octanol–water partition coefficient (Wildman–Crippen LogP) is 2.81. The standard InChI is InChI=1S/C26H34N6O/c1-26(2,3)20-7-5-18(6-8-20)15-30(4)25(33)19-16-31(17-19)24-21-9-12-27-13-10-22(21)29-23-11-14-28-32(23)24/h5-8,11,14,19,27H,9-10,12-13,15-17H2,1-4H3. The van der Waals surface area contributed by atoms with Crippen molar-refractivity contribution in [3.05, 3.63) is 58.9 Å². The quantitative estimate of drug-likeness (QED) is 0.668. The Balaban J connectivity index is 1.28. The Hall–Kier alpha value is -2.93. The molecule has 2 aromatic heterocycles. The molecule has 4 heterocycles. The maximum absolute atomic E-state index is 13.1. The van der Waals surface area contributed by atoms with E-state index in [2.05, 4.69) is 60.4 Å². The van der Waals surface area contributed by atoms with E-state index in [0.29, 0.717) is 6.54 Å². The molecule has 0 atom stereocenters. The van der Waals surface area contributed by atoms with E-state index in [1.165, 1.54) is 16.7 Å². The predicted molar refractivity (Wildman–Crippen MR) is 131 cm³/mol. The summed E-state index contributed by atoms with van der Waals surface area (Å²) in [6.07, 6.45) is 3.68. The van der Waals surface area contributed by atoms with Gasteiger partial charge in [0.15, 0.2) is 5.65 Å². The molecule has 0 saturated carbocycles. The molecule has 7 nitrogen and oxygen atoms in total. The first-order chi connectivity index (χ1) is 15.8. The van der Waals surface area contributed by atoms with E-state index in [1.807, 2.05) is 28.7 Å². The molecular weight excluding hydrogens is 412 g/mol. The van der Waals surface area contributed by atoms with Gasteiger partial charge in [-0.05, 0) is 29.5 Å². The molecule has 174 valence electrons. The third kappa shape index (κ3) is 4.22. The third-order valence-electron chi connectivity index (χ3n) is 6.93. The lowest BCUT2D eigenvalue weighted by atomic mass is 9.87. The highest BCUT2D eigenvalue weighted by Crippen LogP contribution is 2.32. The number of carbonyl (C=O) groups is 1. The topological polar surface area (TPSA) is 65.8 Å². The molecule has 7 heteroatoms. The fourth-order valence-corrected chi connectivity index (χ4v) is 4.92. The number of nitrogens with one attached hydrogen (secondary N) is 1. The minimum Gasteiger partial charge on any atom is -0.354 e. The average Bonchev–Trinajstić information content (AvgIpc) is 3.08. The van der Waals surface area contributed by atoms with E-state index in [1.54, 1.807) is 0 Å². The van der Waals surface area contributed by atoms with E-state index in [0.717, 1.165) is 56.2 Å². The van der Waals surface area contributed by atoms with Crippen molar-refractivity contribution >= 4 is 17.4 Å².